The zero-order valence-corrected chi connectivity index (χ0v) is 11.1. The summed E-state index contributed by atoms with van der Waals surface area (Å²) in [5, 5.41) is -2.59. The molecule has 0 amide bonds. The summed E-state index contributed by atoms with van der Waals surface area (Å²) in [6.45, 7) is 0. The van der Waals surface area contributed by atoms with Crippen molar-refractivity contribution in [3.8, 4) is 0 Å². The van der Waals surface area contributed by atoms with Crippen LogP contribution in [-0.2, 0) is 20.0 Å². The Hall–Kier alpha value is -1.03. The number of fused-ring (bicyclic) bond motifs is 1. The minimum atomic E-state index is -4.10. The average Bonchev–Trinajstić information content (AvgIpc) is 2.42. The molecule has 0 saturated carbocycles. The lowest BCUT2D eigenvalue weighted by molar-refractivity contribution is 0.0728. The van der Waals surface area contributed by atoms with Gasteiger partial charge in [0.25, 0.3) is 5.41 Å². The first kappa shape index (κ1) is 13.4. The smallest absolute Gasteiger partial charge is 0.309 e. The molecule has 1 unspecified atom stereocenters. The maximum Gasteiger partial charge on any atom is 0.375 e. The predicted molar refractivity (Wildman–Crippen MR) is 64.6 cm³/mol. The van der Waals surface area contributed by atoms with Gasteiger partial charge in [0.15, 0.2) is 0 Å². The van der Waals surface area contributed by atoms with Gasteiger partial charge in [-0.05, 0) is 12.0 Å². The predicted octanol–water partition coefficient (Wildman–Crippen LogP) is 2.97. The minimum Gasteiger partial charge on any atom is -0.309 e. The number of ketones is 1. The van der Waals surface area contributed by atoms with Crippen molar-refractivity contribution in [2.45, 2.75) is 18.3 Å². The molecule has 6 heteroatoms. The summed E-state index contributed by atoms with van der Waals surface area (Å²) in [6.07, 6.45) is 0.136. The Morgan fingerprint density at radius 3 is 2.50 bits per heavy atom. The van der Waals surface area contributed by atoms with Crippen LogP contribution in [0.5, 0.6) is 0 Å². The molecule has 1 aromatic rings. The number of carbonyl (C=O) groups excluding carboxylic acids is 1. The second kappa shape index (κ2) is 4.57. The molecule has 0 N–H and O–H groups in total. The standard InChI is InChI=1S/C12H14FO4P/c1-16-18(15,17-2)12(13)8-7-9-5-3-4-6-10(9)11(12)14/h3-6H,7-8H2,1-2H3. The van der Waals surface area contributed by atoms with Gasteiger partial charge in [0, 0.05) is 26.2 Å². The Kier molecular flexibility index (Phi) is 3.41. The van der Waals surface area contributed by atoms with E-state index < -0.39 is 18.8 Å². The van der Waals surface area contributed by atoms with Crippen molar-refractivity contribution in [3.63, 3.8) is 0 Å². The summed E-state index contributed by atoms with van der Waals surface area (Å²) in [4.78, 5) is 12.2. The second-order valence-corrected chi connectivity index (χ2v) is 6.54. The van der Waals surface area contributed by atoms with E-state index in [-0.39, 0.29) is 12.0 Å². The van der Waals surface area contributed by atoms with Gasteiger partial charge >= 0.3 is 7.60 Å². The number of Topliss-reactive ketones (excluding diaryl/α,β-unsaturated/α-hetero) is 1. The van der Waals surface area contributed by atoms with E-state index in [0.29, 0.717) is 6.42 Å². The van der Waals surface area contributed by atoms with Crippen molar-refractivity contribution in [2.24, 2.45) is 0 Å². The highest BCUT2D eigenvalue weighted by molar-refractivity contribution is 7.56. The van der Waals surface area contributed by atoms with Crippen LogP contribution < -0.4 is 0 Å². The van der Waals surface area contributed by atoms with Crippen LogP contribution in [-0.4, -0.2) is 25.4 Å². The molecule has 18 heavy (non-hydrogen) atoms. The molecule has 0 saturated heterocycles. The van der Waals surface area contributed by atoms with Gasteiger partial charge in [-0.2, -0.15) is 0 Å². The van der Waals surface area contributed by atoms with Gasteiger partial charge in [0.05, 0.1) is 0 Å². The highest BCUT2D eigenvalue weighted by Crippen LogP contribution is 2.63. The third-order valence-corrected chi connectivity index (χ3v) is 5.51. The molecule has 1 aliphatic carbocycles. The van der Waals surface area contributed by atoms with Crippen molar-refractivity contribution in [1.82, 2.24) is 0 Å². The average molecular weight is 272 g/mol. The zero-order valence-electron chi connectivity index (χ0n) is 10.2. The monoisotopic (exact) mass is 272 g/mol. The van der Waals surface area contributed by atoms with Crippen LogP contribution in [0.2, 0.25) is 0 Å². The molecule has 1 atom stereocenters. The van der Waals surface area contributed by atoms with Crippen LogP contribution >= 0.6 is 7.60 Å². The van der Waals surface area contributed by atoms with Gasteiger partial charge in [-0.15, -0.1) is 0 Å². The number of hydrogen-bond donors (Lipinski definition) is 0. The zero-order chi connectivity index (χ0) is 13.4. The molecule has 1 aliphatic rings. The lowest BCUT2D eigenvalue weighted by Gasteiger charge is -2.33. The third-order valence-electron chi connectivity index (χ3n) is 3.25. The summed E-state index contributed by atoms with van der Waals surface area (Å²) in [6, 6.07) is 6.72. The topological polar surface area (TPSA) is 52.6 Å². The molecule has 0 bridgehead atoms. The molecule has 1 aromatic carbocycles. The number of hydrogen-bond acceptors (Lipinski definition) is 4. The Bertz CT molecular complexity index is 523. The lowest BCUT2D eigenvalue weighted by atomic mass is 9.89. The van der Waals surface area contributed by atoms with Crippen LogP contribution in [0.15, 0.2) is 24.3 Å². The Labute approximate surface area is 105 Å². The van der Waals surface area contributed by atoms with E-state index in [1.165, 1.54) is 6.07 Å². The van der Waals surface area contributed by atoms with E-state index in [1.807, 2.05) is 0 Å². The van der Waals surface area contributed by atoms with E-state index in [4.69, 9.17) is 0 Å². The normalized spacial score (nSPS) is 23.8. The summed E-state index contributed by atoms with van der Waals surface area (Å²) in [5.74, 6) is -0.823. The lowest BCUT2D eigenvalue weighted by Crippen LogP contribution is -2.39. The Balaban J connectivity index is 2.51. The number of aryl methyl sites for hydroxylation is 1. The van der Waals surface area contributed by atoms with Crippen LogP contribution in [0.1, 0.15) is 22.3 Å². The number of alkyl halides is 1. The van der Waals surface area contributed by atoms with Gasteiger partial charge in [0.2, 0.25) is 5.78 Å². The molecule has 0 aromatic heterocycles. The summed E-state index contributed by atoms with van der Waals surface area (Å²) < 4.78 is 36.3. The van der Waals surface area contributed by atoms with Crippen molar-refractivity contribution in [1.29, 1.82) is 0 Å². The molecule has 0 radical (unpaired) electrons. The number of carbonyl (C=O) groups is 1. The first-order chi connectivity index (χ1) is 8.48. The number of rotatable bonds is 3. The van der Waals surface area contributed by atoms with E-state index in [9.17, 15) is 13.8 Å². The van der Waals surface area contributed by atoms with Gasteiger partial charge in [-0.1, -0.05) is 24.3 Å². The maximum atomic E-state index is 14.8. The number of benzene rings is 1. The van der Waals surface area contributed by atoms with Gasteiger partial charge in [-0.3, -0.25) is 9.36 Å². The fourth-order valence-electron chi connectivity index (χ4n) is 2.21. The third kappa shape index (κ3) is 1.74. The minimum absolute atomic E-state index is 0.193. The van der Waals surface area contributed by atoms with Crippen LogP contribution in [0.4, 0.5) is 4.39 Å². The van der Waals surface area contributed by atoms with Crippen LogP contribution in [0.3, 0.4) is 0 Å². The molecule has 0 heterocycles. The van der Waals surface area contributed by atoms with Gasteiger partial charge < -0.3 is 9.05 Å². The molecule has 0 spiro atoms. The largest absolute Gasteiger partial charge is 0.375 e. The summed E-state index contributed by atoms with van der Waals surface area (Å²) in [5.41, 5.74) is 1.01. The van der Waals surface area contributed by atoms with Crippen molar-refractivity contribution < 1.29 is 22.8 Å². The van der Waals surface area contributed by atoms with Crippen molar-refractivity contribution >= 4 is 13.4 Å². The first-order valence-corrected chi connectivity index (χ1v) is 7.06. The molecule has 4 nitrogen and oxygen atoms in total. The number of halogens is 1. The maximum absolute atomic E-state index is 14.8. The van der Waals surface area contributed by atoms with Crippen molar-refractivity contribution in [2.75, 3.05) is 14.2 Å². The molecule has 0 fully saturated rings. The second-order valence-electron chi connectivity index (χ2n) is 4.11. The first-order valence-electron chi connectivity index (χ1n) is 5.52. The molecule has 98 valence electrons. The summed E-state index contributed by atoms with van der Waals surface area (Å²) in [7, 11) is -1.93. The molecular weight excluding hydrogens is 258 g/mol. The Morgan fingerprint density at radius 2 is 1.89 bits per heavy atom. The van der Waals surface area contributed by atoms with Gasteiger partial charge in [0.1, 0.15) is 0 Å². The fraction of sp³-hybridized carbons (Fsp3) is 0.417. The quantitative estimate of drug-likeness (QED) is 0.794. The SMILES string of the molecule is COP(=O)(OC)C1(F)CCc2ccccc2C1=O. The highest BCUT2D eigenvalue weighted by Gasteiger charge is 2.58. The molecular formula is C12H14FO4P. The van der Waals surface area contributed by atoms with Crippen molar-refractivity contribution in [3.05, 3.63) is 35.4 Å². The van der Waals surface area contributed by atoms with Gasteiger partial charge in [-0.25, -0.2) is 4.39 Å². The van der Waals surface area contributed by atoms with E-state index in [1.54, 1.807) is 18.2 Å². The van der Waals surface area contributed by atoms with Crippen LogP contribution in [0, 0.1) is 0 Å². The molecule has 0 aliphatic heterocycles. The highest BCUT2D eigenvalue weighted by atomic mass is 31.2. The summed E-state index contributed by atoms with van der Waals surface area (Å²) >= 11 is 0. The molecule has 2 rings (SSSR count). The van der Waals surface area contributed by atoms with E-state index >= 15 is 0 Å². The van der Waals surface area contributed by atoms with E-state index in [0.717, 1.165) is 19.8 Å². The van der Waals surface area contributed by atoms with E-state index in [2.05, 4.69) is 9.05 Å². The fourth-order valence-corrected chi connectivity index (χ4v) is 3.69. The van der Waals surface area contributed by atoms with Crippen LogP contribution in [0.25, 0.3) is 0 Å². The Morgan fingerprint density at radius 1 is 1.28 bits per heavy atom.